The molecule has 10 heteroatoms. The molecule has 5 aromatic rings. The van der Waals surface area contributed by atoms with Gasteiger partial charge in [0.05, 0.1) is 18.9 Å². The van der Waals surface area contributed by atoms with Crippen molar-refractivity contribution in [3.63, 3.8) is 0 Å². The molecule has 0 aliphatic carbocycles. The second-order valence-electron chi connectivity index (χ2n) is 12.7. The first-order valence-electron chi connectivity index (χ1n) is 17.1. The predicted molar refractivity (Wildman–Crippen MR) is 199 cm³/mol. The van der Waals surface area contributed by atoms with Crippen LogP contribution in [0.2, 0.25) is 0 Å². The average molecular weight is 647 g/mol. The Hall–Kier alpha value is -5.12. The molecule has 0 aliphatic heterocycles. The molecule has 252 valence electrons. The third kappa shape index (κ3) is 9.24. The van der Waals surface area contributed by atoms with Crippen LogP contribution < -0.4 is 21.7 Å². The molecule has 0 bridgehead atoms. The maximum absolute atomic E-state index is 5.81. The summed E-state index contributed by atoms with van der Waals surface area (Å²) in [5.41, 5.74) is 11.4. The van der Waals surface area contributed by atoms with Gasteiger partial charge in [-0.15, -0.1) is 0 Å². The van der Waals surface area contributed by atoms with Crippen LogP contribution in [-0.4, -0.2) is 43.3 Å². The van der Waals surface area contributed by atoms with E-state index >= 15 is 0 Å². The monoisotopic (exact) mass is 646 g/mol. The molecule has 0 radical (unpaired) electrons. The number of aromatic nitrogens is 5. The summed E-state index contributed by atoms with van der Waals surface area (Å²) < 4.78 is 3.91. The van der Waals surface area contributed by atoms with Crippen LogP contribution in [0.15, 0.2) is 96.4 Å². The summed E-state index contributed by atoms with van der Waals surface area (Å²) in [6, 6.07) is 22.8. The van der Waals surface area contributed by atoms with Gasteiger partial charge in [0.15, 0.2) is 5.65 Å². The smallest absolute Gasteiger partial charge is 0.163 e. The number of aliphatic imine (C=N–C) groups is 1. The Morgan fingerprint density at radius 3 is 2.23 bits per heavy atom. The number of rotatable bonds is 17. The van der Waals surface area contributed by atoms with E-state index in [4.69, 9.17) is 15.7 Å². The lowest BCUT2D eigenvalue weighted by Gasteiger charge is -2.14. The van der Waals surface area contributed by atoms with Crippen LogP contribution in [0.3, 0.4) is 0 Å². The Bertz CT molecular complexity index is 1770. The molecule has 5 N–H and O–H groups in total. The van der Waals surface area contributed by atoms with Gasteiger partial charge in [-0.2, -0.15) is 14.7 Å². The Morgan fingerprint density at radius 2 is 1.52 bits per heavy atom. The van der Waals surface area contributed by atoms with Gasteiger partial charge in [0.2, 0.25) is 0 Å². The first kappa shape index (κ1) is 34.2. The molecule has 0 spiro atoms. The molecule has 10 nitrogen and oxygen atoms in total. The van der Waals surface area contributed by atoms with Crippen molar-refractivity contribution in [2.45, 2.75) is 78.3 Å². The van der Waals surface area contributed by atoms with Crippen LogP contribution in [0.1, 0.15) is 87.5 Å². The standard InChI is InChI=1S/C38H50N10/c1-28(2)32-25-43-47(27-31-17-11-8-12-18-31)37(32)45-34(19-20-39)40-21-13-5-6-14-22-41-35-23-36(42-24-30-15-9-7-10-16-30)48-38(46-35)33(26-44-48)29(3)4/h7-12,15-20,23,25-26,28-29,42H,5-6,13-14,21-22,24,27,39H2,1-4H3,(H,40,45)(H,41,46)/b20-19+. The maximum atomic E-state index is 5.81. The van der Waals surface area contributed by atoms with Crippen LogP contribution in [0.4, 0.5) is 17.5 Å². The summed E-state index contributed by atoms with van der Waals surface area (Å²) in [7, 11) is 0. The third-order valence-corrected chi connectivity index (χ3v) is 8.28. The van der Waals surface area contributed by atoms with Crippen LogP contribution in [0.25, 0.3) is 5.65 Å². The van der Waals surface area contributed by atoms with Crippen LogP contribution >= 0.6 is 0 Å². The predicted octanol–water partition coefficient (Wildman–Crippen LogP) is 7.79. The average Bonchev–Trinajstić information content (AvgIpc) is 3.70. The fourth-order valence-electron chi connectivity index (χ4n) is 5.58. The lowest BCUT2D eigenvalue weighted by Crippen LogP contribution is -2.17. The van der Waals surface area contributed by atoms with Crippen molar-refractivity contribution in [2.75, 3.05) is 29.0 Å². The molecule has 0 saturated heterocycles. The van der Waals surface area contributed by atoms with Gasteiger partial charge >= 0.3 is 0 Å². The number of unbranched alkanes of at least 4 members (excludes halogenated alkanes) is 3. The van der Waals surface area contributed by atoms with Gasteiger partial charge in [-0.1, -0.05) is 101 Å². The Balaban J connectivity index is 1.13. The maximum Gasteiger partial charge on any atom is 0.163 e. The van der Waals surface area contributed by atoms with E-state index in [0.717, 1.165) is 78.8 Å². The largest absolute Gasteiger partial charge is 0.404 e. The van der Waals surface area contributed by atoms with E-state index in [1.807, 2.05) is 39.8 Å². The van der Waals surface area contributed by atoms with Crippen molar-refractivity contribution in [3.05, 3.63) is 114 Å². The van der Waals surface area contributed by atoms with E-state index in [2.05, 4.69) is 108 Å². The van der Waals surface area contributed by atoms with Crippen molar-refractivity contribution in [1.82, 2.24) is 24.4 Å². The van der Waals surface area contributed by atoms with Gasteiger partial charge in [-0.25, -0.2) is 9.67 Å². The number of fused-ring (bicyclic) bond motifs is 1. The zero-order chi connectivity index (χ0) is 33.7. The molecule has 0 atom stereocenters. The van der Waals surface area contributed by atoms with Crippen molar-refractivity contribution in [3.8, 4) is 0 Å². The molecule has 0 saturated carbocycles. The molecule has 3 heterocycles. The highest BCUT2D eigenvalue weighted by molar-refractivity contribution is 6.03. The zero-order valence-electron chi connectivity index (χ0n) is 28.7. The fraction of sp³-hybridized carbons (Fsp3) is 0.368. The number of nitrogens with two attached hydrogens (primary N) is 1. The van der Waals surface area contributed by atoms with E-state index in [9.17, 15) is 0 Å². The number of hydrogen-bond acceptors (Lipinski definition) is 7. The molecule has 2 aromatic carbocycles. The number of nitrogens with one attached hydrogen (secondary N) is 3. The molecule has 0 unspecified atom stereocenters. The van der Waals surface area contributed by atoms with Gasteiger partial charge in [0.1, 0.15) is 23.3 Å². The molecule has 3 aromatic heterocycles. The highest BCUT2D eigenvalue weighted by Crippen LogP contribution is 2.26. The lowest BCUT2D eigenvalue weighted by molar-refractivity contribution is 0.661. The molecular formula is C38H50N10. The fourth-order valence-corrected chi connectivity index (χ4v) is 5.58. The number of hydrogen-bond donors (Lipinski definition) is 4. The lowest BCUT2D eigenvalue weighted by atomic mass is 10.1. The van der Waals surface area contributed by atoms with Crippen molar-refractivity contribution >= 4 is 28.9 Å². The van der Waals surface area contributed by atoms with Gasteiger partial charge < -0.3 is 21.7 Å². The van der Waals surface area contributed by atoms with E-state index in [1.165, 1.54) is 17.3 Å². The Kier molecular flexibility index (Phi) is 12.2. The molecule has 5 rings (SSSR count). The van der Waals surface area contributed by atoms with Crippen molar-refractivity contribution < 1.29 is 0 Å². The minimum Gasteiger partial charge on any atom is -0.404 e. The van der Waals surface area contributed by atoms with E-state index in [1.54, 1.807) is 0 Å². The number of amidine groups is 1. The number of benzene rings is 2. The summed E-state index contributed by atoms with van der Waals surface area (Å²) in [4.78, 5) is 9.79. The summed E-state index contributed by atoms with van der Waals surface area (Å²) in [6.07, 6.45) is 11.5. The molecule has 0 aliphatic rings. The summed E-state index contributed by atoms with van der Waals surface area (Å²) in [6.45, 7) is 11.7. The zero-order valence-corrected chi connectivity index (χ0v) is 28.7. The summed E-state index contributed by atoms with van der Waals surface area (Å²) >= 11 is 0. The quantitative estimate of drug-likeness (QED) is 0.0462. The second-order valence-corrected chi connectivity index (χ2v) is 12.7. The number of nitrogens with zero attached hydrogens (tertiary/aromatic N) is 6. The molecule has 0 amide bonds. The molecule has 48 heavy (non-hydrogen) atoms. The van der Waals surface area contributed by atoms with Gasteiger partial charge in [0, 0.05) is 36.8 Å². The van der Waals surface area contributed by atoms with Gasteiger partial charge in [-0.05, 0) is 48.1 Å². The summed E-state index contributed by atoms with van der Waals surface area (Å²) in [5.74, 6) is 4.14. The third-order valence-electron chi connectivity index (χ3n) is 8.28. The Labute approximate surface area is 284 Å². The van der Waals surface area contributed by atoms with Gasteiger partial charge in [0.25, 0.3) is 0 Å². The first-order valence-corrected chi connectivity index (χ1v) is 17.1. The number of anilines is 3. The van der Waals surface area contributed by atoms with Crippen molar-refractivity contribution in [1.29, 1.82) is 0 Å². The molecular weight excluding hydrogens is 596 g/mol. The minimum absolute atomic E-state index is 0.320. The Morgan fingerprint density at radius 1 is 0.833 bits per heavy atom. The van der Waals surface area contributed by atoms with Crippen molar-refractivity contribution in [2.24, 2.45) is 10.7 Å². The van der Waals surface area contributed by atoms with Crippen LogP contribution in [0, 0.1) is 0 Å². The second kappa shape index (κ2) is 17.2. The van der Waals surface area contributed by atoms with E-state index in [0.29, 0.717) is 24.9 Å². The highest BCUT2D eigenvalue weighted by atomic mass is 15.3. The summed E-state index contributed by atoms with van der Waals surface area (Å²) in [5, 5.41) is 20.0. The van der Waals surface area contributed by atoms with Gasteiger partial charge in [-0.3, -0.25) is 4.99 Å². The topological polar surface area (TPSA) is 122 Å². The normalized spacial score (nSPS) is 12.1. The molecule has 0 fully saturated rings. The van der Waals surface area contributed by atoms with Crippen LogP contribution in [0.5, 0.6) is 0 Å². The highest BCUT2D eigenvalue weighted by Gasteiger charge is 2.16. The van der Waals surface area contributed by atoms with Crippen LogP contribution in [-0.2, 0) is 13.1 Å². The SMILES string of the molecule is CC(C)c1cnn(Cc2ccccc2)c1NC(/C=C/N)=NCCCCCCNc1cc(NCc2ccccc2)n2ncc(C(C)C)c2n1. The first-order chi connectivity index (χ1) is 23.4. The van der Waals surface area contributed by atoms with E-state index in [-0.39, 0.29) is 0 Å². The minimum atomic E-state index is 0.320. The van der Waals surface area contributed by atoms with E-state index < -0.39 is 0 Å².